The molecule has 1 aromatic rings. The van der Waals surface area contributed by atoms with Crippen molar-refractivity contribution in [3.05, 3.63) is 17.9 Å². The zero-order valence-electron chi connectivity index (χ0n) is 7.28. The Kier molecular flexibility index (Phi) is 3.93. The standard InChI is InChI=1S/C8H7IO5/c1-12-7-3-2-5(14-7)8(11)13-4-6(9)10/h2-3H,4H2,1H3. The Morgan fingerprint density at radius 3 is 2.71 bits per heavy atom. The molecule has 0 saturated heterocycles. The summed E-state index contributed by atoms with van der Waals surface area (Å²) in [4.78, 5) is 21.6. The van der Waals surface area contributed by atoms with Crippen molar-refractivity contribution in [2.24, 2.45) is 0 Å². The Morgan fingerprint density at radius 2 is 2.21 bits per heavy atom. The number of esters is 1. The second kappa shape index (κ2) is 4.99. The number of hydrogen-bond acceptors (Lipinski definition) is 5. The molecule has 1 rings (SSSR count). The van der Waals surface area contributed by atoms with Gasteiger partial charge in [0.15, 0.2) is 6.61 Å². The van der Waals surface area contributed by atoms with Crippen molar-refractivity contribution in [3.63, 3.8) is 0 Å². The summed E-state index contributed by atoms with van der Waals surface area (Å²) >= 11 is 1.54. The molecule has 0 spiro atoms. The Balaban J connectivity index is 2.56. The average molecular weight is 310 g/mol. The lowest BCUT2D eigenvalue weighted by atomic mass is 10.4. The van der Waals surface area contributed by atoms with Gasteiger partial charge in [0.05, 0.1) is 7.11 Å². The molecule has 0 fully saturated rings. The van der Waals surface area contributed by atoms with E-state index in [-0.39, 0.29) is 22.1 Å². The summed E-state index contributed by atoms with van der Waals surface area (Å²) < 4.78 is 14.0. The predicted octanol–water partition coefficient (Wildman–Crippen LogP) is 1.41. The largest absolute Gasteiger partial charge is 0.468 e. The third-order valence-corrected chi connectivity index (χ3v) is 1.61. The number of furan rings is 1. The fraction of sp³-hybridized carbons (Fsp3) is 0.250. The predicted molar refractivity (Wildman–Crippen MR) is 54.6 cm³/mol. The van der Waals surface area contributed by atoms with Gasteiger partial charge in [-0.15, -0.1) is 0 Å². The van der Waals surface area contributed by atoms with Crippen molar-refractivity contribution >= 4 is 32.4 Å². The molecule has 0 aliphatic heterocycles. The SMILES string of the molecule is COc1ccc(C(=O)OCC(=O)I)o1. The van der Waals surface area contributed by atoms with Crippen molar-refractivity contribution in [2.45, 2.75) is 0 Å². The smallest absolute Gasteiger partial charge is 0.374 e. The summed E-state index contributed by atoms with van der Waals surface area (Å²) in [7, 11) is 1.42. The first-order valence-corrected chi connectivity index (χ1v) is 4.70. The Hall–Kier alpha value is -1.05. The zero-order valence-corrected chi connectivity index (χ0v) is 9.44. The van der Waals surface area contributed by atoms with Gasteiger partial charge in [0.1, 0.15) is 0 Å². The first kappa shape index (κ1) is 11.0. The van der Waals surface area contributed by atoms with Gasteiger partial charge >= 0.3 is 5.97 Å². The first-order chi connectivity index (χ1) is 6.63. The van der Waals surface area contributed by atoms with Gasteiger partial charge in [0.25, 0.3) is 5.95 Å². The Morgan fingerprint density at radius 1 is 1.50 bits per heavy atom. The quantitative estimate of drug-likeness (QED) is 0.478. The fourth-order valence-corrected chi connectivity index (χ4v) is 0.889. The summed E-state index contributed by atoms with van der Waals surface area (Å²) in [5.74, 6) is -0.449. The van der Waals surface area contributed by atoms with Gasteiger partial charge in [-0.05, 0) is 6.07 Å². The summed E-state index contributed by atoms with van der Waals surface area (Å²) in [5, 5.41) is 0. The molecule has 0 unspecified atom stereocenters. The molecule has 1 aromatic heterocycles. The number of carbonyl (C=O) groups excluding carboxylic acids is 2. The molecule has 5 nitrogen and oxygen atoms in total. The first-order valence-electron chi connectivity index (χ1n) is 3.62. The number of carbonyl (C=O) groups is 2. The van der Waals surface area contributed by atoms with Crippen LogP contribution in [0.25, 0.3) is 0 Å². The Labute approximate surface area is 93.5 Å². The van der Waals surface area contributed by atoms with Crippen LogP contribution in [0.15, 0.2) is 16.5 Å². The van der Waals surface area contributed by atoms with Crippen LogP contribution < -0.4 is 4.74 Å². The third-order valence-electron chi connectivity index (χ3n) is 1.30. The molecule has 0 radical (unpaired) electrons. The van der Waals surface area contributed by atoms with Crippen LogP contribution in [0, 0.1) is 0 Å². The van der Waals surface area contributed by atoms with Gasteiger partial charge in [-0.25, -0.2) is 4.79 Å². The molecule has 1 heterocycles. The minimum atomic E-state index is -0.682. The van der Waals surface area contributed by atoms with E-state index in [1.807, 2.05) is 0 Å². The number of methoxy groups -OCH3 is 1. The highest BCUT2D eigenvalue weighted by atomic mass is 127. The minimum Gasteiger partial charge on any atom is -0.468 e. The molecule has 76 valence electrons. The van der Waals surface area contributed by atoms with Crippen molar-refractivity contribution in [1.29, 1.82) is 0 Å². The molecule has 14 heavy (non-hydrogen) atoms. The topological polar surface area (TPSA) is 65.7 Å². The Bertz CT molecular complexity index is 343. The van der Waals surface area contributed by atoms with E-state index in [0.717, 1.165) is 0 Å². The highest BCUT2D eigenvalue weighted by Gasteiger charge is 2.13. The monoisotopic (exact) mass is 310 g/mol. The maximum absolute atomic E-state index is 11.2. The van der Waals surface area contributed by atoms with Crippen molar-refractivity contribution < 1.29 is 23.5 Å². The molecule has 0 saturated carbocycles. The van der Waals surface area contributed by atoms with Crippen LogP contribution in [-0.2, 0) is 9.53 Å². The molecule has 0 amide bonds. The zero-order chi connectivity index (χ0) is 10.6. The summed E-state index contributed by atoms with van der Waals surface area (Å²) in [6.45, 7) is -0.261. The summed E-state index contributed by atoms with van der Waals surface area (Å²) in [6, 6.07) is 2.90. The van der Waals surface area contributed by atoms with Crippen LogP contribution in [0.2, 0.25) is 0 Å². The van der Waals surface area contributed by atoms with E-state index in [1.165, 1.54) is 41.8 Å². The highest BCUT2D eigenvalue weighted by Crippen LogP contribution is 2.15. The van der Waals surface area contributed by atoms with E-state index in [9.17, 15) is 9.59 Å². The molecular weight excluding hydrogens is 303 g/mol. The summed E-state index contributed by atoms with van der Waals surface area (Å²) in [6.07, 6.45) is 0. The van der Waals surface area contributed by atoms with E-state index in [2.05, 4.69) is 4.74 Å². The van der Waals surface area contributed by atoms with Crippen molar-refractivity contribution in [1.82, 2.24) is 0 Å². The van der Waals surface area contributed by atoms with E-state index >= 15 is 0 Å². The number of hydrogen-bond donors (Lipinski definition) is 0. The molecular formula is C8H7IO5. The van der Waals surface area contributed by atoms with Crippen LogP contribution in [0.5, 0.6) is 5.95 Å². The second-order valence-corrected chi connectivity index (χ2v) is 3.46. The molecule has 0 aliphatic rings. The van der Waals surface area contributed by atoms with Crippen LogP contribution in [0.4, 0.5) is 0 Å². The van der Waals surface area contributed by atoms with Crippen LogP contribution >= 0.6 is 22.6 Å². The summed E-state index contributed by atoms with van der Waals surface area (Å²) in [5.41, 5.74) is 0. The lowest BCUT2D eigenvalue weighted by Crippen LogP contribution is -2.08. The van der Waals surface area contributed by atoms with E-state index in [0.29, 0.717) is 0 Å². The molecule has 0 aromatic carbocycles. The normalized spacial score (nSPS) is 9.57. The van der Waals surface area contributed by atoms with Crippen LogP contribution in [0.1, 0.15) is 10.6 Å². The molecule has 0 atom stereocenters. The lowest BCUT2D eigenvalue weighted by Gasteiger charge is -1.97. The van der Waals surface area contributed by atoms with E-state index < -0.39 is 5.97 Å². The average Bonchev–Trinajstić information content (AvgIpc) is 2.62. The van der Waals surface area contributed by atoms with Gasteiger partial charge in [0.2, 0.25) is 9.55 Å². The van der Waals surface area contributed by atoms with Gasteiger partial charge in [-0.3, -0.25) is 4.79 Å². The maximum Gasteiger partial charge on any atom is 0.374 e. The lowest BCUT2D eigenvalue weighted by molar-refractivity contribution is -0.112. The molecule has 0 bridgehead atoms. The van der Waals surface area contributed by atoms with E-state index in [1.54, 1.807) is 0 Å². The molecule has 0 N–H and O–H groups in total. The highest BCUT2D eigenvalue weighted by molar-refractivity contribution is 14.1. The van der Waals surface area contributed by atoms with Crippen molar-refractivity contribution in [3.8, 4) is 5.95 Å². The fourth-order valence-electron chi connectivity index (χ4n) is 0.733. The number of ether oxygens (including phenoxy) is 2. The van der Waals surface area contributed by atoms with E-state index in [4.69, 9.17) is 9.15 Å². The number of rotatable bonds is 4. The maximum atomic E-state index is 11.2. The van der Waals surface area contributed by atoms with Gasteiger partial charge in [-0.2, -0.15) is 0 Å². The second-order valence-electron chi connectivity index (χ2n) is 2.25. The number of halogens is 1. The van der Waals surface area contributed by atoms with Crippen LogP contribution in [0.3, 0.4) is 0 Å². The molecule has 0 aliphatic carbocycles. The van der Waals surface area contributed by atoms with Gasteiger partial charge in [0, 0.05) is 28.7 Å². The minimum absolute atomic E-state index is 0.0134. The van der Waals surface area contributed by atoms with Crippen LogP contribution in [-0.4, -0.2) is 23.5 Å². The molecule has 6 heteroatoms. The van der Waals surface area contributed by atoms with Gasteiger partial charge in [-0.1, -0.05) is 0 Å². The third kappa shape index (κ3) is 3.02. The van der Waals surface area contributed by atoms with Crippen molar-refractivity contribution in [2.75, 3.05) is 13.7 Å². The van der Waals surface area contributed by atoms with Gasteiger partial charge < -0.3 is 13.9 Å².